The van der Waals surface area contributed by atoms with Gasteiger partial charge in [0.05, 0.1) is 22.3 Å². The van der Waals surface area contributed by atoms with E-state index in [4.69, 9.17) is 9.52 Å². The maximum Gasteiger partial charge on any atom is 0.257 e. The standard InChI is InChI=1S/C30H27N3O3/c1-19-27(34)24-16-11-17-25(29(24)36-28(19)22-12-7-5-8-13-22)30(35)32(4)18-26-20(2)31-33(21(26)3)23-14-9-6-10-15-23/h5-17H,18H2,1-4H3. The molecule has 0 fully saturated rings. The van der Waals surface area contributed by atoms with Crippen LogP contribution in [0.1, 0.15) is 32.9 Å². The Morgan fingerprint density at radius 2 is 1.58 bits per heavy atom. The van der Waals surface area contributed by atoms with Gasteiger partial charge in [0.1, 0.15) is 5.76 Å². The van der Waals surface area contributed by atoms with Crippen LogP contribution in [0.15, 0.2) is 88.1 Å². The molecular formula is C30H27N3O3. The third-order valence-corrected chi connectivity index (χ3v) is 6.60. The lowest BCUT2D eigenvalue weighted by Crippen LogP contribution is -2.27. The molecular weight excluding hydrogens is 450 g/mol. The minimum atomic E-state index is -0.224. The number of hydrogen-bond donors (Lipinski definition) is 0. The summed E-state index contributed by atoms with van der Waals surface area (Å²) in [5.41, 5.74) is 5.63. The first kappa shape index (κ1) is 23.3. The number of nitrogens with zero attached hydrogens (tertiary/aromatic N) is 3. The Balaban J connectivity index is 1.53. The van der Waals surface area contributed by atoms with E-state index in [-0.39, 0.29) is 11.3 Å². The SMILES string of the molecule is Cc1nn(-c2ccccc2)c(C)c1CN(C)C(=O)c1cccc2c(=O)c(C)c(-c3ccccc3)oc12. The number of rotatable bonds is 5. The summed E-state index contributed by atoms with van der Waals surface area (Å²) in [7, 11) is 1.75. The zero-order valence-electron chi connectivity index (χ0n) is 20.8. The van der Waals surface area contributed by atoms with E-state index in [1.807, 2.05) is 79.2 Å². The van der Waals surface area contributed by atoms with Gasteiger partial charge in [-0.05, 0) is 45.0 Å². The van der Waals surface area contributed by atoms with E-state index < -0.39 is 0 Å². The van der Waals surface area contributed by atoms with Crippen molar-refractivity contribution < 1.29 is 9.21 Å². The number of para-hydroxylation sites is 2. The van der Waals surface area contributed by atoms with E-state index in [1.165, 1.54) is 0 Å². The normalized spacial score (nSPS) is 11.1. The minimum absolute atomic E-state index is 0.136. The maximum atomic E-state index is 13.6. The third-order valence-electron chi connectivity index (χ3n) is 6.60. The van der Waals surface area contributed by atoms with E-state index in [2.05, 4.69) is 0 Å². The lowest BCUT2D eigenvalue weighted by molar-refractivity contribution is 0.0785. The Morgan fingerprint density at radius 3 is 2.28 bits per heavy atom. The molecule has 0 saturated carbocycles. The summed E-state index contributed by atoms with van der Waals surface area (Å²) >= 11 is 0. The minimum Gasteiger partial charge on any atom is -0.455 e. The van der Waals surface area contributed by atoms with Crippen LogP contribution in [0.2, 0.25) is 0 Å². The number of benzene rings is 3. The van der Waals surface area contributed by atoms with Gasteiger partial charge in [-0.3, -0.25) is 9.59 Å². The monoisotopic (exact) mass is 477 g/mol. The molecule has 1 amide bonds. The topological polar surface area (TPSA) is 68.3 Å². The van der Waals surface area contributed by atoms with Gasteiger partial charge in [0.15, 0.2) is 11.0 Å². The fraction of sp³-hybridized carbons (Fsp3) is 0.167. The number of fused-ring (bicyclic) bond motifs is 1. The van der Waals surface area contributed by atoms with Gasteiger partial charge in [0.2, 0.25) is 0 Å². The van der Waals surface area contributed by atoms with Gasteiger partial charge < -0.3 is 9.32 Å². The molecule has 0 atom stereocenters. The lowest BCUT2D eigenvalue weighted by Gasteiger charge is -2.19. The molecule has 180 valence electrons. The molecule has 0 bridgehead atoms. The average molecular weight is 478 g/mol. The molecule has 0 unspecified atom stereocenters. The smallest absolute Gasteiger partial charge is 0.257 e. The lowest BCUT2D eigenvalue weighted by atomic mass is 10.0. The fourth-order valence-electron chi connectivity index (χ4n) is 4.58. The van der Waals surface area contributed by atoms with Crippen molar-refractivity contribution in [1.29, 1.82) is 0 Å². The summed E-state index contributed by atoms with van der Waals surface area (Å²) < 4.78 is 8.16. The molecule has 0 radical (unpaired) electrons. The Hall–Kier alpha value is -4.45. The highest BCUT2D eigenvalue weighted by Crippen LogP contribution is 2.28. The second-order valence-corrected chi connectivity index (χ2v) is 8.99. The van der Waals surface area contributed by atoms with E-state index in [1.54, 1.807) is 37.1 Å². The average Bonchev–Trinajstić information content (AvgIpc) is 3.19. The molecule has 0 aliphatic carbocycles. The van der Waals surface area contributed by atoms with Crippen molar-refractivity contribution in [3.63, 3.8) is 0 Å². The zero-order valence-corrected chi connectivity index (χ0v) is 20.8. The molecule has 2 heterocycles. The highest BCUT2D eigenvalue weighted by Gasteiger charge is 2.22. The number of hydrogen-bond acceptors (Lipinski definition) is 4. The molecule has 5 rings (SSSR count). The van der Waals surface area contributed by atoms with Crippen LogP contribution >= 0.6 is 0 Å². The van der Waals surface area contributed by atoms with Crippen LogP contribution in [-0.2, 0) is 6.54 Å². The van der Waals surface area contributed by atoms with Crippen LogP contribution in [0.25, 0.3) is 28.0 Å². The number of amides is 1. The van der Waals surface area contributed by atoms with Gasteiger partial charge in [-0.25, -0.2) is 4.68 Å². The van der Waals surface area contributed by atoms with Crippen LogP contribution in [0.4, 0.5) is 0 Å². The Morgan fingerprint density at radius 1 is 0.917 bits per heavy atom. The molecule has 0 spiro atoms. The van der Waals surface area contributed by atoms with E-state index >= 15 is 0 Å². The summed E-state index contributed by atoms with van der Waals surface area (Å²) in [6.45, 7) is 6.09. The Labute approximate surface area is 209 Å². The van der Waals surface area contributed by atoms with Gasteiger partial charge in [0.25, 0.3) is 5.91 Å². The number of aryl methyl sites for hydroxylation is 1. The van der Waals surface area contributed by atoms with Crippen molar-refractivity contribution in [1.82, 2.24) is 14.7 Å². The number of aromatic nitrogens is 2. The van der Waals surface area contributed by atoms with E-state index in [9.17, 15) is 9.59 Å². The molecule has 3 aromatic carbocycles. The van der Waals surface area contributed by atoms with Gasteiger partial charge in [-0.2, -0.15) is 5.10 Å². The van der Waals surface area contributed by atoms with E-state index in [0.717, 1.165) is 28.2 Å². The summed E-state index contributed by atoms with van der Waals surface area (Å²) in [4.78, 5) is 28.5. The van der Waals surface area contributed by atoms with Crippen molar-refractivity contribution in [2.24, 2.45) is 0 Å². The molecule has 2 aromatic heterocycles. The highest BCUT2D eigenvalue weighted by molar-refractivity contribution is 6.05. The van der Waals surface area contributed by atoms with Crippen LogP contribution in [0, 0.1) is 20.8 Å². The summed E-state index contributed by atoms with van der Waals surface area (Å²) in [6.07, 6.45) is 0. The maximum absolute atomic E-state index is 13.6. The van der Waals surface area contributed by atoms with Gasteiger partial charge >= 0.3 is 0 Å². The molecule has 0 N–H and O–H groups in total. The fourth-order valence-corrected chi connectivity index (χ4v) is 4.58. The van der Waals surface area contributed by atoms with Crippen molar-refractivity contribution in [2.45, 2.75) is 27.3 Å². The molecule has 6 heteroatoms. The van der Waals surface area contributed by atoms with Crippen molar-refractivity contribution in [3.05, 3.63) is 117 Å². The largest absolute Gasteiger partial charge is 0.455 e. The van der Waals surface area contributed by atoms with Crippen LogP contribution in [-0.4, -0.2) is 27.6 Å². The van der Waals surface area contributed by atoms with Gasteiger partial charge in [-0.15, -0.1) is 0 Å². The zero-order chi connectivity index (χ0) is 25.4. The Kier molecular flexibility index (Phi) is 6.02. The third kappa shape index (κ3) is 4.01. The molecule has 0 aliphatic heterocycles. The summed E-state index contributed by atoms with van der Waals surface area (Å²) in [5.74, 6) is 0.254. The molecule has 6 nitrogen and oxygen atoms in total. The van der Waals surface area contributed by atoms with E-state index in [0.29, 0.717) is 34.4 Å². The predicted octanol–water partition coefficient (Wildman–Crippen LogP) is 5.84. The second kappa shape index (κ2) is 9.30. The number of carbonyl (C=O) groups excluding carboxylic acids is 1. The first-order valence-electron chi connectivity index (χ1n) is 11.8. The molecule has 0 saturated heterocycles. The van der Waals surface area contributed by atoms with Gasteiger partial charge in [0, 0.05) is 36.0 Å². The van der Waals surface area contributed by atoms with Crippen LogP contribution in [0.5, 0.6) is 0 Å². The van der Waals surface area contributed by atoms with Crippen molar-refractivity contribution in [2.75, 3.05) is 7.05 Å². The quantitative estimate of drug-likeness (QED) is 0.319. The number of carbonyl (C=O) groups is 1. The predicted molar refractivity (Wildman–Crippen MR) is 141 cm³/mol. The van der Waals surface area contributed by atoms with Gasteiger partial charge in [-0.1, -0.05) is 54.6 Å². The molecule has 0 aliphatic rings. The van der Waals surface area contributed by atoms with Crippen LogP contribution < -0.4 is 5.43 Å². The molecule has 5 aromatic rings. The second-order valence-electron chi connectivity index (χ2n) is 8.99. The summed E-state index contributed by atoms with van der Waals surface area (Å²) in [6, 6.07) is 24.5. The van der Waals surface area contributed by atoms with Crippen LogP contribution in [0.3, 0.4) is 0 Å². The van der Waals surface area contributed by atoms with Crippen molar-refractivity contribution in [3.8, 4) is 17.0 Å². The Bertz CT molecular complexity index is 1630. The summed E-state index contributed by atoms with van der Waals surface area (Å²) in [5, 5.41) is 5.10. The first-order chi connectivity index (χ1) is 17.4. The van der Waals surface area contributed by atoms with Crippen molar-refractivity contribution >= 4 is 16.9 Å². The first-order valence-corrected chi connectivity index (χ1v) is 11.8. The highest BCUT2D eigenvalue weighted by atomic mass is 16.3. The molecule has 36 heavy (non-hydrogen) atoms.